The van der Waals surface area contributed by atoms with E-state index in [0.29, 0.717) is 0 Å². The van der Waals surface area contributed by atoms with E-state index in [9.17, 15) is 8.42 Å². The minimum absolute atomic E-state index is 0.0239. The molecule has 1 aromatic heterocycles. The summed E-state index contributed by atoms with van der Waals surface area (Å²) >= 11 is 0. The van der Waals surface area contributed by atoms with Crippen LogP contribution in [0.15, 0.2) is 11.1 Å². The SMILES string of the molecule is CC(C)n1cc(S(N)(=O)=O)c(CO)n1. The number of hydrogen-bond donors (Lipinski definition) is 2. The molecule has 14 heavy (non-hydrogen) atoms. The first-order chi connectivity index (χ1) is 6.36. The van der Waals surface area contributed by atoms with Crippen molar-refractivity contribution in [2.75, 3.05) is 0 Å². The van der Waals surface area contributed by atoms with Crippen LogP contribution in [0.4, 0.5) is 0 Å². The van der Waals surface area contributed by atoms with Gasteiger partial charge in [0, 0.05) is 12.2 Å². The molecule has 80 valence electrons. The molecule has 3 N–H and O–H groups in total. The van der Waals surface area contributed by atoms with Crippen LogP contribution in [0.3, 0.4) is 0 Å². The molecule has 6 nitrogen and oxygen atoms in total. The molecule has 0 aliphatic heterocycles. The summed E-state index contributed by atoms with van der Waals surface area (Å²) in [6.45, 7) is 3.26. The average Bonchev–Trinajstić information content (AvgIpc) is 2.46. The van der Waals surface area contributed by atoms with Crippen molar-refractivity contribution in [2.45, 2.75) is 31.4 Å². The van der Waals surface area contributed by atoms with Gasteiger partial charge in [0.2, 0.25) is 10.0 Å². The Hall–Kier alpha value is -0.920. The van der Waals surface area contributed by atoms with Crippen LogP contribution in [0.5, 0.6) is 0 Å². The first-order valence-corrected chi connectivity index (χ1v) is 5.62. The van der Waals surface area contributed by atoms with Gasteiger partial charge in [0.05, 0.1) is 6.61 Å². The van der Waals surface area contributed by atoms with Crippen molar-refractivity contribution in [3.05, 3.63) is 11.9 Å². The summed E-state index contributed by atoms with van der Waals surface area (Å²) in [6.07, 6.45) is 1.32. The standard InChI is InChI=1S/C7H13N3O3S/c1-5(2)10-3-7(14(8,12)13)6(4-11)9-10/h3,5,11H,4H2,1-2H3,(H2,8,12,13). The lowest BCUT2D eigenvalue weighted by Gasteiger charge is -2.02. The van der Waals surface area contributed by atoms with E-state index in [2.05, 4.69) is 5.10 Å². The zero-order chi connectivity index (χ0) is 10.9. The van der Waals surface area contributed by atoms with Crippen molar-refractivity contribution >= 4 is 10.0 Å². The molecular weight excluding hydrogens is 206 g/mol. The van der Waals surface area contributed by atoms with Crippen LogP contribution in [0.1, 0.15) is 25.6 Å². The predicted octanol–water partition coefficient (Wildman–Crippen LogP) is -0.396. The number of nitrogens with two attached hydrogens (primary N) is 1. The van der Waals surface area contributed by atoms with Gasteiger partial charge in [0.15, 0.2) is 0 Å². The Morgan fingerprint density at radius 3 is 2.50 bits per heavy atom. The Morgan fingerprint density at radius 2 is 2.21 bits per heavy atom. The Balaban J connectivity index is 3.30. The third-order valence-corrected chi connectivity index (χ3v) is 2.71. The molecule has 0 aliphatic carbocycles. The largest absolute Gasteiger partial charge is 0.390 e. The topological polar surface area (TPSA) is 98.2 Å². The minimum Gasteiger partial charge on any atom is -0.390 e. The molecule has 0 radical (unpaired) electrons. The molecule has 0 aromatic carbocycles. The lowest BCUT2D eigenvalue weighted by Crippen LogP contribution is -2.13. The van der Waals surface area contributed by atoms with Gasteiger partial charge < -0.3 is 5.11 Å². The van der Waals surface area contributed by atoms with Gasteiger partial charge in [-0.2, -0.15) is 5.10 Å². The van der Waals surface area contributed by atoms with Crippen molar-refractivity contribution in [1.82, 2.24) is 9.78 Å². The first kappa shape index (κ1) is 11.2. The number of sulfonamides is 1. The number of aliphatic hydroxyl groups excluding tert-OH is 1. The van der Waals surface area contributed by atoms with E-state index in [-0.39, 0.29) is 16.6 Å². The highest BCUT2D eigenvalue weighted by atomic mass is 32.2. The summed E-state index contributed by atoms with van der Waals surface area (Å²) in [5.41, 5.74) is 0.0844. The lowest BCUT2D eigenvalue weighted by atomic mass is 10.4. The van der Waals surface area contributed by atoms with Gasteiger partial charge in [-0.05, 0) is 13.8 Å². The van der Waals surface area contributed by atoms with Crippen molar-refractivity contribution in [1.29, 1.82) is 0 Å². The van der Waals surface area contributed by atoms with Crippen molar-refractivity contribution in [3.8, 4) is 0 Å². The average molecular weight is 219 g/mol. The molecule has 0 saturated heterocycles. The van der Waals surface area contributed by atoms with Crippen LogP contribution in [0.25, 0.3) is 0 Å². The molecule has 0 amide bonds. The summed E-state index contributed by atoms with van der Waals surface area (Å²) in [6, 6.07) is 0.0239. The van der Waals surface area contributed by atoms with Crippen molar-refractivity contribution in [3.63, 3.8) is 0 Å². The fourth-order valence-corrected chi connectivity index (χ4v) is 1.71. The third-order valence-electron chi connectivity index (χ3n) is 1.76. The third kappa shape index (κ3) is 2.11. The van der Waals surface area contributed by atoms with Crippen LogP contribution in [-0.4, -0.2) is 23.3 Å². The highest BCUT2D eigenvalue weighted by Gasteiger charge is 2.18. The number of aliphatic hydroxyl groups is 1. The molecular formula is C7H13N3O3S. The van der Waals surface area contributed by atoms with Gasteiger partial charge in [-0.25, -0.2) is 13.6 Å². The zero-order valence-corrected chi connectivity index (χ0v) is 8.82. The number of primary sulfonamides is 1. The number of rotatable bonds is 3. The molecule has 0 spiro atoms. The molecule has 1 aromatic rings. The van der Waals surface area contributed by atoms with Crippen molar-refractivity contribution in [2.24, 2.45) is 5.14 Å². The summed E-state index contributed by atoms with van der Waals surface area (Å²) in [4.78, 5) is -0.117. The molecule has 0 fully saturated rings. The first-order valence-electron chi connectivity index (χ1n) is 4.08. The van der Waals surface area contributed by atoms with E-state index < -0.39 is 16.6 Å². The second-order valence-corrected chi connectivity index (χ2v) is 4.75. The van der Waals surface area contributed by atoms with Gasteiger partial charge >= 0.3 is 0 Å². The van der Waals surface area contributed by atoms with E-state index in [0.717, 1.165) is 0 Å². The normalized spacial score (nSPS) is 12.4. The molecule has 0 unspecified atom stereocenters. The summed E-state index contributed by atoms with van der Waals surface area (Å²) < 4.78 is 23.6. The van der Waals surface area contributed by atoms with Crippen LogP contribution in [0.2, 0.25) is 0 Å². The van der Waals surface area contributed by atoms with Gasteiger partial charge in [0.25, 0.3) is 0 Å². The lowest BCUT2D eigenvalue weighted by molar-refractivity contribution is 0.271. The van der Waals surface area contributed by atoms with Gasteiger partial charge in [0.1, 0.15) is 10.6 Å². The van der Waals surface area contributed by atoms with Crippen molar-refractivity contribution < 1.29 is 13.5 Å². The minimum atomic E-state index is -3.80. The maximum Gasteiger partial charge on any atom is 0.241 e. The highest BCUT2D eigenvalue weighted by Crippen LogP contribution is 2.15. The van der Waals surface area contributed by atoms with Gasteiger partial charge in [-0.15, -0.1) is 0 Å². The second-order valence-electron chi connectivity index (χ2n) is 3.22. The molecule has 0 aliphatic rings. The second kappa shape index (κ2) is 3.68. The molecule has 0 saturated carbocycles. The van der Waals surface area contributed by atoms with E-state index in [1.807, 2.05) is 13.8 Å². The maximum atomic E-state index is 11.1. The summed E-state index contributed by atoms with van der Waals surface area (Å²) in [5, 5.41) is 17.7. The number of hydrogen-bond acceptors (Lipinski definition) is 4. The van der Waals surface area contributed by atoms with Gasteiger partial charge in [-0.1, -0.05) is 0 Å². The maximum absolute atomic E-state index is 11.1. The molecule has 1 rings (SSSR count). The van der Waals surface area contributed by atoms with Crippen LogP contribution in [0, 0.1) is 0 Å². The van der Waals surface area contributed by atoms with Crippen LogP contribution in [-0.2, 0) is 16.6 Å². The Morgan fingerprint density at radius 1 is 1.64 bits per heavy atom. The predicted molar refractivity (Wildman–Crippen MR) is 49.9 cm³/mol. The van der Waals surface area contributed by atoms with E-state index in [1.165, 1.54) is 10.9 Å². The Kier molecular flexibility index (Phi) is 2.93. The zero-order valence-electron chi connectivity index (χ0n) is 8.01. The fourth-order valence-electron chi connectivity index (χ4n) is 1.02. The quantitative estimate of drug-likeness (QED) is 0.722. The van der Waals surface area contributed by atoms with E-state index >= 15 is 0 Å². The number of aromatic nitrogens is 2. The van der Waals surface area contributed by atoms with E-state index in [4.69, 9.17) is 10.2 Å². The smallest absolute Gasteiger partial charge is 0.241 e. The monoisotopic (exact) mass is 219 g/mol. The summed E-state index contributed by atoms with van der Waals surface area (Å²) in [7, 11) is -3.80. The number of nitrogens with zero attached hydrogens (tertiary/aromatic N) is 2. The fraction of sp³-hybridized carbons (Fsp3) is 0.571. The van der Waals surface area contributed by atoms with Crippen LogP contribution >= 0.6 is 0 Å². The molecule has 7 heteroatoms. The Labute approximate surface area is 82.4 Å². The molecule has 0 atom stereocenters. The summed E-state index contributed by atoms with van der Waals surface area (Å²) in [5.74, 6) is 0. The van der Waals surface area contributed by atoms with Gasteiger partial charge in [-0.3, -0.25) is 4.68 Å². The van der Waals surface area contributed by atoms with E-state index in [1.54, 1.807) is 0 Å². The Bertz CT molecular complexity index is 421. The van der Waals surface area contributed by atoms with Crippen LogP contribution < -0.4 is 5.14 Å². The highest BCUT2D eigenvalue weighted by molar-refractivity contribution is 7.89. The molecule has 0 bridgehead atoms. The molecule has 1 heterocycles.